The molecule has 1 aliphatic heterocycles. The summed E-state index contributed by atoms with van der Waals surface area (Å²) >= 11 is 0. The van der Waals surface area contributed by atoms with Crippen molar-refractivity contribution in [2.24, 2.45) is 0 Å². The van der Waals surface area contributed by atoms with Crippen molar-refractivity contribution < 1.29 is 19.1 Å². The van der Waals surface area contributed by atoms with Crippen molar-refractivity contribution in [3.05, 3.63) is 17.7 Å². The Hall–Kier alpha value is -2.64. The normalized spacial score (nSPS) is 14.3. The first kappa shape index (κ1) is 25.6. The van der Waals surface area contributed by atoms with E-state index in [1.54, 1.807) is 15.9 Å². The van der Waals surface area contributed by atoms with Crippen LogP contribution in [-0.4, -0.2) is 66.7 Å². The Bertz CT molecular complexity index is 768. The number of ether oxygens (including phenoxy) is 2. The third-order valence-corrected chi connectivity index (χ3v) is 5.17. The molecule has 8 heteroatoms. The first-order chi connectivity index (χ1) is 15.2. The molecule has 180 valence electrons. The van der Waals surface area contributed by atoms with Gasteiger partial charge in [0.05, 0.1) is 23.5 Å². The van der Waals surface area contributed by atoms with E-state index in [1.165, 1.54) is 0 Å². The van der Waals surface area contributed by atoms with E-state index in [4.69, 9.17) is 15.2 Å². The minimum atomic E-state index is -0.543. The van der Waals surface area contributed by atoms with E-state index < -0.39 is 5.60 Å². The molecule has 2 amide bonds. The second kappa shape index (κ2) is 11.8. The van der Waals surface area contributed by atoms with Gasteiger partial charge in [0.25, 0.3) is 5.91 Å². The maximum absolute atomic E-state index is 13.3. The standard InChI is InChI=1S/C24H40N4O4/c1-6-8-9-15-31-21-17-20(26-10-7-2)19(25)16-18(21)22(29)27-11-13-28(14-12-27)23(30)32-24(3,4)5/h16-17,26H,6-15,25H2,1-5H3. The predicted molar refractivity (Wildman–Crippen MR) is 128 cm³/mol. The number of piperazine rings is 1. The highest BCUT2D eigenvalue weighted by molar-refractivity contribution is 5.99. The molecule has 1 saturated heterocycles. The highest BCUT2D eigenvalue weighted by Gasteiger charge is 2.29. The van der Waals surface area contributed by atoms with Gasteiger partial charge in [0.1, 0.15) is 11.4 Å². The summed E-state index contributed by atoms with van der Waals surface area (Å²) in [6.07, 6.45) is 3.73. The lowest BCUT2D eigenvalue weighted by atomic mass is 10.1. The van der Waals surface area contributed by atoms with E-state index in [0.29, 0.717) is 49.8 Å². The Morgan fingerprint density at radius 2 is 1.69 bits per heavy atom. The number of carbonyl (C=O) groups excluding carboxylic acids is 2. The molecule has 32 heavy (non-hydrogen) atoms. The second-order valence-corrected chi connectivity index (χ2v) is 9.18. The molecule has 1 aliphatic rings. The molecule has 1 heterocycles. The number of nitrogen functional groups attached to an aromatic ring is 1. The number of nitrogens with two attached hydrogens (primary N) is 1. The van der Waals surface area contributed by atoms with E-state index >= 15 is 0 Å². The summed E-state index contributed by atoms with van der Waals surface area (Å²) in [7, 11) is 0. The highest BCUT2D eigenvalue weighted by Crippen LogP contribution is 2.31. The van der Waals surface area contributed by atoms with E-state index in [1.807, 2.05) is 26.8 Å². The van der Waals surface area contributed by atoms with E-state index in [2.05, 4.69) is 19.2 Å². The third kappa shape index (κ3) is 7.50. The number of hydrogen-bond donors (Lipinski definition) is 2. The van der Waals surface area contributed by atoms with Crippen LogP contribution in [0.2, 0.25) is 0 Å². The molecule has 0 unspecified atom stereocenters. The fourth-order valence-electron chi connectivity index (χ4n) is 3.42. The van der Waals surface area contributed by atoms with Crippen molar-refractivity contribution in [2.75, 3.05) is 50.4 Å². The minimum Gasteiger partial charge on any atom is -0.493 e. The van der Waals surface area contributed by atoms with Crippen LogP contribution >= 0.6 is 0 Å². The first-order valence-electron chi connectivity index (χ1n) is 11.7. The molecule has 1 aromatic rings. The van der Waals surface area contributed by atoms with Crippen LogP contribution in [0.3, 0.4) is 0 Å². The van der Waals surface area contributed by atoms with Gasteiger partial charge in [-0.3, -0.25) is 4.79 Å². The van der Waals surface area contributed by atoms with Crippen molar-refractivity contribution >= 4 is 23.4 Å². The number of anilines is 2. The summed E-state index contributed by atoms with van der Waals surface area (Å²) in [5.41, 5.74) is 7.46. The lowest BCUT2D eigenvalue weighted by molar-refractivity contribution is 0.0140. The Labute approximate surface area is 192 Å². The molecule has 0 aromatic heterocycles. The molecular weight excluding hydrogens is 408 g/mol. The molecule has 0 saturated carbocycles. The van der Waals surface area contributed by atoms with Crippen molar-refractivity contribution in [3.63, 3.8) is 0 Å². The van der Waals surface area contributed by atoms with Gasteiger partial charge in [0, 0.05) is 38.8 Å². The number of unbranched alkanes of at least 4 members (excludes halogenated alkanes) is 2. The molecule has 3 N–H and O–H groups in total. The van der Waals surface area contributed by atoms with Crippen LogP contribution < -0.4 is 15.8 Å². The lowest BCUT2D eigenvalue weighted by Crippen LogP contribution is -2.51. The first-order valence-corrected chi connectivity index (χ1v) is 11.7. The Kier molecular flexibility index (Phi) is 9.47. The molecule has 1 fully saturated rings. The fraction of sp³-hybridized carbons (Fsp3) is 0.667. The van der Waals surface area contributed by atoms with Gasteiger partial charge >= 0.3 is 6.09 Å². The summed E-state index contributed by atoms with van der Waals surface area (Å²) in [6, 6.07) is 3.54. The molecule has 8 nitrogen and oxygen atoms in total. The molecule has 0 spiro atoms. The molecule has 0 bridgehead atoms. The fourth-order valence-corrected chi connectivity index (χ4v) is 3.42. The molecular formula is C24H40N4O4. The minimum absolute atomic E-state index is 0.131. The molecule has 2 rings (SSSR count). The average Bonchev–Trinajstić information content (AvgIpc) is 2.75. The van der Waals surface area contributed by atoms with Crippen LogP contribution in [0.15, 0.2) is 12.1 Å². The molecule has 0 aliphatic carbocycles. The van der Waals surface area contributed by atoms with Crippen LogP contribution in [-0.2, 0) is 4.74 Å². The quantitative estimate of drug-likeness (QED) is 0.430. The topological polar surface area (TPSA) is 97.1 Å². The number of rotatable bonds is 9. The van der Waals surface area contributed by atoms with Crippen LogP contribution in [0, 0.1) is 0 Å². The number of nitrogens with zero attached hydrogens (tertiary/aromatic N) is 2. The summed E-state index contributed by atoms with van der Waals surface area (Å²) in [5, 5.41) is 3.30. The third-order valence-electron chi connectivity index (χ3n) is 5.17. The molecule has 0 radical (unpaired) electrons. The van der Waals surface area contributed by atoms with Crippen molar-refractivity contribution in [1.29, 1.82) is 0 Å². The zero-order chi connectivity index (χ0) is 23.7. The van der Waals surface area contributed by atoms with Crippen molar-refractivity contribution in [2.45, 2.75) is 65.9 Å². The van der Waals surface area contributed by atoms with Crippen LogP contribution in [0.25, 0.3) is 0 Å². The smallest absolute Gasteiger partial charge is 0.410 e. The zero-order valence-electron chi connectivity index (χ0n) is 20.3. The largest absolute Gasteiger partial charge is 0.493 e. The summed E-state index contributed by atoms with van der Waals surface area (Å²) in [4.78, 5) is 29.0. The SMILES string of the molecule is CCCCCOc1cc(NCCC)c(N)cc1C(=O)N1CCN(C(=O)OC(C)(C)C)CC1. The van der Waals surface area contributed by atoms with Crippen LogP contribution in [0.5, 0.6) is 5.75 Å². The summed E-state index contributed by atoms with van der Waals surface area (Å²) < 4.78 is 11.5. The van der Waals surface area contributed by atoms with Gasteiger partial charge in [-0.2, -0.15) is 0 Å². The maximum Gasteiger partial charge on any atom is 0.410 e. The molecule has 0 atom stereocenters. The van der Waals surface area contributed by atoms with Crippen LogP contribution in [0.4, 0.5) is 16.2 Å². The maximum atomic E-state index is 13.3. The zero-order valence-corrected chi connectivity index (χ0v) is 20.3. The second-order valence-electron chi connectivity index (χ2n) is 9.18. The Morgan fingerprint density at radius 3 is 2.28 bits per heavy atom. The number of benzene rings is 1. The van der Waals surface area contributed by atoms with E-state index in [9.17, 15) is 9.59 Å². The summed E-state index contributed by atoms with van der Waals surface area (Å²) in [5.74, 6) is 0.418. The predicted octanol–water partition coefficient (Wildman–Crippen LogP) is 4.35. The number of hydrogen-bond acceptors (Lipinski definition) is 6. The summed E-state index contributed by atoms with van der Waals surface area (Å²) in [6.45, 7) is 12.8. The molecule has 1 aromatic carbocycles. The number of carbonyl (C=O) groups is 2. The van der Waals surface area contributed by atoms with Gasteiger partial charge in [0.2, 0.25) is 0 Å². The Balaban J connectivity index is 2.12. The highest BCUT2D eigenvalue weighted by atomic mass is 16.6. The van der Waals surface area contributed by atoms with Crippen molar-refractivity contribution in [3.8, 4) is 5.75 Å². The van der Waals surface area contributed by atoms with Gasteiger partial charge in [-0.25, -0.2) is 4.79 Å². The van der Waals surface area contributed by atoms with Gasteiger partial charge in [-0.05, 0) is 39.7 Å². The number of nitrogens with one attached hydrogen (secondary N) is 1. The van der Waals surface area contributed by atoms with Gasteiger partial charge < -0.3 is 30.3 Å². The van der Waals surface area contributed by atoms with Gasteiger partial charge in [0.15, 0.2) is 0 Å². The van der Waals surface area contributed by atoms with Gasteiger partial charge in [-0.15, -0.1) is 0 Å². The average molecular weight is 449 g/mol. The number of amides is 2. The van der Waals surface area contributed by atoms with Crippen LogP contribution in [0.1, 0.15) is 70.7 Å². The van der Waals surface area contributed by atoms with E-state index in [-0.39, 0.29) is 12.0 Å². The lowest BCUT2D eigenvalue weighted by Gasteiger charge is -2.35. The Morgan fingerprint density at radius 1 is 1.03 bits per heavy atom. The van der Waals surface area contributed by atoms with Gasteiger partial charge in [-0.1, -0.05) is 26.7 Å². The monoisotopic (exact) mass is 448 g/mol. The van der Waals surface area contributed by atoms with Crippen molar-refractivity contribution in [1.82, 2.24) is 9.80 Å². The van der Waals surface area contributed by atoms with E-state index in [0.717, 1.165) is 37.9 Å².